The van der Waals surface area contributed by atoms with Crippen molar-refractivity contribution in [2.24, 2.45) is 7.05 Å². The third-order valence-electron chi connectivity index (χ3n) is 4.93. The maximum atomic E-state index is 12.8. The van der Waals surface area contributed by atoms with Gasteiger partial charge in [-0.2, -0.15) is 5.10 Å². The first-order valence-corrected chi connectivity index (χ1v) is 8.54. The van der Waals surface area contributed by atoms with E-state index in [1.165, 1.54) is 10.9 Å². The summed E-state index contributed by atoms with van der Waals surface area (Å²) < 4.78 is 3.98. The number of hydrogen-bond acceptors (Lipinski definition) is 2. The van der Waals surface area contributed by atoms with Crippen molar-refractivity contribution in [3.05, 3.63) is 54.5 Å². The van der Waals surface area contributed by atoms with Crippen LogP contribution in [0.3, 0.4) is 0 Å². The number of amides is 1. The molecule has 1 aromatic carbocycles. The predicted molar refractivity (Wildman–Crippen MR) is 93.5 cm³/mol. The Morgan fingerprint density at radius 1 is 1.29 bits per heavy atom. The fraction of sp³-hybridized carbons (Fsp3) is 0.368. The third kappa shape index (κ3) is 2.70. The van der Waals surface area contributed by atoms with Gasteiger partial charge in [0.25, 0.3) is 0 Å². The Balaban J connectivity index is 1.45. The highest BCUT2D eigenvalue weighted by Crippen LogP contribution is 2.32. The Kier molecular flexibility index (Phi) is 3.84. The molecule has 5 heteroatoms. The summed E-state index contributed by atoms with van der Waals surface area (Å²) in [5.41, 5.74) is 2.34. The average Bonchev–Trinajstić information content (AvgIpc) is 3.31. The van der Waals surface area contributed by atoms with Crippen LogP contribution in [0.15, 0.2) is 48.9 Å². The molecule has 0 unspecified atom stereocenters. The second kappa shape index (κ2) is 6.15. The zero-order valence-electron chi connectivity index (χ0n) is 13.9. The quantitative estimate of drug-likeness (QED) is 0.740. The molecule has 124 valence electrons. The molecule has 0 aliphatic carbocycles. The lowest BCUT2D eigenvalue weighted by atomic mass is 10.1. The molecule has 0 spiro atoms. The largest absolute Gasteiger partial charge is 0.347 e. The number of carbonyl (C=O) groups excluding carboxylic acids is 1. The molecule has 0 radical (unpaired) electrons. The molecular formula is C19H22N4O. The Morgan fingerprint density at radius 3 is 3.00 bits per heavy atom. The van der Waals surface area contributed by atoms with Crippen molar-refractivity contribution in [2.45, 2.75) is 31.8 Å². The van der Waals surface area contributed by atoms with Gasteiger partial charge in [-0.25, -0.2) is 0 Å². The van der Waals surface area contributed by atoms with Crippen molar-refractivity contribution in [3.63, 3.8) is 0 Å². The van der Waals surface area contributed by atoms with Gasteiger partial charge >= 0.3 is 0 Å². The van der Waals surface area contributed by atoms with Crippen LogP contribution in [0.4, 0.5) is 0 Å². The molecule has 3 aromatic rings. The van der Waals surface area contributed by atoms with E-state index in [9.17, 15) is 4.79 Å². The molecule has 1 amide bonds. The third-order valence-corrected chi connectivity index (χ3v) is 4.93. The van der Waals surface area contributed by atoms with Crippen LogP contribution in [0.25, 0.3) is 10.9 Å². The highest BCUT2D eigenvalue weighted by atomic mass is 16.2. The van der Waals surface area contributed by atoms with E-state index in [2.05, 4.69) is 34.1 Å². The molecule has 1 aliphatic heterocycles. The first kappa shape index (κ1) is 15.0. The van der Waals surface area contributed by atoms with Crippen LogP contribution in [0.5, 0.6) is 0 Å². The molecule has 4 rings (SSSR count). The summed E-state index contributed by atoms with van der Waals surface area (Å²) in [4.78, 5) is 14.8. The van der Waals surface area contributed by atoms with Crippen molar-refractivity contribution in [2.75, 3.05) is 6.54 Å². The molecule has 1 atom stereocenters. The molecule has 1 aliphatic rings. The number of benzene rings is 1. The monoisotopic (exact) mass is 322 g/mol. The first-order chi connectivity index (χ1) is 11.7. The second-order valence-electron chi connectivity index (χ2n) is 6.51. The molecular weight excluding hydrogens is 300 g/mol. The molecule has 0 saturated carbocycles. The first-order valence-electron chi connectivity index (χ1n) is 8.54. The van der Waals surface area contributed by atoms with Gasteiger partial charge in [-0.3, -0.25) is 9.48 Å². The van der Waals surface area contributed by atoms with E-state index in [-0.39, 0.29) is 11.9 Å². The number of aromatic nitrogens is 3. The normalized spacial score (nSPS) is 17.7. The molecule has 0 bridgehead atoms. The molecule has 0 N–H and O–H groups in total. The molecule has 5 nitrogen and oxygen atoms in total. The van der Waals surface area contributed by atoms with E-state index in [0.717, 1.165) is 31.5 Å². The Labute approximate surface area is 141 Å². The van der Waals surface area contributed by atoms with Crippen LogP contribution >= 0.6 is 0 Å². The van der Waals surface area contributed by atoms with E-state index < -0.39 is 0 Å². The van der Waals surface area contributed by atoms with Crippen LogP contribution in [0.2, 0.25) is 0 Å². The highest BCUT2D eigenvalue weighted by molar-refractivity contribution is 5.81. The van der Waals surface area contributed by atoms with Gasteiger partial charge in [-0.15, -0.1) is 0 Å². The van der Waals surface area contributed by atoms with Crippen molar-refractivity contribution >= 4 is 16.8 Å². The van der Waals surface area contributed by atoms with Gasteiger partial charge < -0.3 is 9.47 Å². The lowest BCUT2D eigenvalue weighted by Crippen LogP contribution is -2.31. The maximum Gasteiger partial charge on any atom is 0.224 e. The highest BCUT2D eigenvalue weighted by Gasteiger charge is 2.30. The van der Waals surface area contributed by atoms with Crippen molar-refractivity contribution in [1.29, 1.82) is 0 Å². The van der Waals surface area contributed by atoms with Crippen LogP contribution in [-0.2, 0) is 18.4 Å². The van der Waals surface area contributed by atoms with Gasteiger partial charge in [0.1, 0.15) is 0 Å². The smallest absolute Gasteiger partial charge is 0.224 e. The van der Waals surface area contributed by atoms with E-state index in [1.54, 1.807) is 0 Å². The number of carbonyl (C=O) groups is 1. The topological polar surface area (TPSA) is 43.1 Å². The van der Waals surface area contributed by atoms with Gasteiger partial charge in [0.15, 0.2) is 0 Å². The summed E-state index contributed by atoms with van der Waals surface area (Å²) in [6.07, 6.45) is 8.61. The lowest BCUT2D eigenvalue weighted by Gasteiger charge is -2.24. The number of aryl methyl sites for hydroxylation is 2. The summed E-state index contributed by atoms with van der Waals surface area (Å²) in [5, 5.41) is 5.47. The zero-order chi connectivity index (χ0) is 16.5. The number of likely N-dealkylation sites (tertiary alicyclic amines) is 1. The van der Waals surface area contributed by atoms with E-state index in [4.69, 9.17) is 0 Å². The van der Waals surface area contributed by atoms with Crippen molar-refractivity contribution in [3.8, 4) is 0 Å². The van der Waals surface area contributed by atoms with Crippen LogP contribution in [-0.4, -0.2) is 31.7 Å². The summed E-state index contributed by atoms with van der Waals surface area (Å²) >= 11 is 0. The number of hydrogen-bond donors (Lipinski definition) is 0. The molecule has 1 fully saturated rings. The summed E-state index contributed by atoms with van der Waals surface area (Å²) in [5.74, 6) is 0.235. The Hall–Kier alpha value is -2.56. The summed E-state index contributed by atoms with van der Waals surface area (Å²) in [6, 6.07) is 10.6. The van der Waals surface area contributed by atoms with Gasteiger partial charge in [-0.1, -0.05) is 18.2 Å². The SMILES string of the molecule is Cn1cc([C@H]2CCCN2C(=O)CCn2ccc3ccccc32)cn1. The molecule has 24 heavy (non-hydrogen) atoms. The van der Waals surface area contributed by atoms with Gasteiger partial charge in [0.2, 0.25) is 5.91 Å². The Bertz CT molecular complexity index is 863. The van der Waals surface area contributed by atoms with Crippen LogP contribution < -0.4 is 0 Å². The second-order valence-corrected chi connectivity index (χ2v) is 6.51. The minimum absolute atomic E-state index is 0.188. The van der Waals surface area contributed by atoms with Crippen LogP contribution in [0.1, 0.15) is 30.9 Å². The summed E-state index contributed by atoms with van der Waals surface area (Å²) in [6.45, 7) is 1.58. The van der Waals surface area contributed by atoms with E-state index in [0.29, 0.717) is 6.42 Å². The number of nitrogens with zero attached hydrogens (tertiary/aromatic N) is 4. The average molecular weight is 322 g/mol. The van der Waals surface area contributed by atoms with Crippen LogP contribution in [0, 0.1) is 0 Å². The fourth-order valence-electron chi connectivity index (χ4n) is 3.72. The number of para-hydroxylation sites is 1. The standard InChI is InChI=1S/C19H22N4O/c1-21-14-16(13-20-21)18-7-4-10-23(18)19(24)9-12-22-11-8-15-5-2-3-6-17(15)22/h2-3,5-6,8,11,13-14,18H,4,7,9-10,12H2,1H3/t18-/m1/s1. The van der Waals surface area contributed by atoms with Gasteiger partial charge in [0, 0.05) is 50.0 Å². The fourth-order valence-corrected chi connectivity index (χ4v) is 3.72. The van der Waals surface area contributed by atoms with Crippen molar-refractivity contribution in [1.82, 2.24) is 19.2 Å². The number of fused-ring (bicyclic) bond motifs is 1. The number of rotatable bonds is 4. The minimum Gasteiger partial charge on any atom is -0.347 e. The zero-order valence-corrected chi connectivity index (χ0v) is 13.9. The minimum atomic E-state index is 0.188. The maximum absolute atomic E-state index is 12.8. The molecule has 3 heterocycles. The van der Waals surface area contributed by atoms with E-state index >= 15 is 0 Å². The van der Waals surface area contributed by atoms with Crippen molar-refractivity contribution < 1.29 is 4.79 Å². The summed E-state index contributed by atoms with van der Waals surface area (Å²) in [7, 11) is 1.92. The van der Waals surface area contributed by atoms with Gasteiger partial charge in [0.05, 0.1) is 12.2 Å². The lowest BCUT2D eigenvalue weighted by molar-refractivity contribution is -0.132. The van der Waals surface area contributed by atoms with E-state index in [1.807, 2.05) is 41.2 Å². The predicted octanol–water partition coefficient (Wildman–Crippen LogP) is 3.13. The van der Waals surface area contributed by atoms with Gasteiger partial charge in [-0.05, 0) is 30.4 Å². The molecule has 2 aromatic heterocycles. The Morgan fingerprint density at radius 2 is 2.17 bits per heavy atom. The molecule has 1 saturated heterocycles.